The van der Waals surface area contributed by atoms with Crippen molar-refractivity contribution < 1.29 is 67.8 Å². The number of hydrogen-bond acceptors (Lipinski definition) is 13. The van der Waals surface area contributed by atoms with Gasteiger partial charge in [0.2, 0.25) is 0 Å². The Hall–Kier alpha value is -8.52. The fourth-order valence-corrected chi connectivity index (χ4v) is 5.81. The van der Waals surface area contributed by atoms with Crippen molar-refractivity contribution in [2.24, 2.45) is 0 Å². The highest BCUT2D eigenvalue weighted by Crippen LogP contribution is 2.39. The molecule has 14 heteroatoms. The van der Waals surface area contributed by atoms with Crippen molar-refractivity contribution in [2.75, 3.05) is 0 Å². The van der Waals surface area contributed by atoms with Gasteiger partial charge < -0.3 is 39.0 Å². The van der Waals surface area contributed by atoms with Crippen LogP contribution in [0.1, 0.15) is 60.3 Å². The van der Waals surface area contributed by atoms with Crippen molar-refractivity contribution in [3.05, 3.63) is 173 Å². The maximum Gasteiger partial charge on any atom is 0.336 e. The van der Waals surface area contributed by atoms with Crippen molar-refractivity contribution >= 4 is 36.3 Å². The molecule has 0 heterocycles. The van der Waals surface area contributed by atoms with Crippen LogP contribution in [0.3, 0.4) is 0 Å². The third-order valence-corrected chi connectivity index (χ3v) is 9.34. The van der Waals surface area contributed by atoms with Gasteiger partial charge in [0.15, 0.2) is 0 Å². The SMILES string of the molecule is C=C(C)C(=O)OCc1ccc(-c2cc(C(=O)O)c(-c3ccc(COC(=O)C(=C)C)cc3)cc2OC=O)cc1.C=C(C)C(=O)OCc1ccc(-c2ccc(COC(=O)C(=C)C)cc2O)c(O)c1. The van der Waals surface area contributed by atoms with E-state index in [4.69, 9.17) is 23.7 Å². The molecule has 5 aromatic carbocycles. The Morgan fingerprint density at radius 1 is 0.470 bits per heavy atom. The summed E-state index contributed by atoms with van der Waals surface area (Å²) in [5, 5.41) is 30.6. The molecule has 0 aliphatic heterocycles. The average molecular weight is 897 g/mol. The third kappa shape index (κ3) is 14.0. The number of phenolic OH excluding ortho intramolecular Hbond substituents is 2. The van der Waals surface area contributed by atoms with E-state index in [0.29, 0.717) is 72.4 Å². The van der Waals surface area contributed by atoms with Crippen LogP contribution in [0, 0.1) is 0 Å². The molecule has 0 atom stereocenters. The summed E-state index contributed by atoms with van der Waals surface area (Å²) in [6.45, 7) is 20.6. The summed E-state index contributed by atoms with van der Waals surface area (Å²) in [5.41, 5.74) is 6.50. The van der Waals surface area contributed by atoms with E-state index in [2.05, 4.69) is 26.3 Å². The topological polar surface area (TPSA) is 209 Å². The minimum absolute atomic E-state index is 0.000765. The second kappa shape index (κ2) is 23.2. The van der Waals surface area contributed by atoms with Gasteiger partial charge in [0.1, 0.15) is 43.7 Å². The molecule has 14 nitrogen and oxygen atoms in total. The van der Waals surface area contributed by atoms with Crippen molar-refractivity contribution in [3.63, 3.8) is 0 Å². The molecule has 0 amide bonds. The van der Waals surface area contributed by atoms with Gasteiger partial charge in [-0.3, -0.25) is 4.79 Å². The zero-order valence-corrected chi connectivity index (χ0v) is 36.8. The predicted molar refractivity (Wildman–Crippen MR) is 245 cm³/mol. The van der Waals surface area contributed by atoms with Crippen molar-refractivity contribution in [1.82, 2.24) is 0 Å². The van der Waals surface area contributed by atoms with Gasteiger partial charge in [0, 0.05) is 39.0 Å². The highest BCUT2D eigenvalue weighted by atomic mass is 16.5. The van der Waals surface area contributed by atoms with Gasteiger partial charge in [-0.15, -0.1) is 0 Å². The van der Waals surface area contributed by atoms with Gasteiger partial charge >= 0.3 is 29.8 Å². The van der Waals surface area contributed by atoms with Crippen LogP contribution >= 0.6 is 0 Å². The standard InChI is InChI=1S/C30H26O8.C22H22O6/c1-18(2)29(34)36-15-20-5-9-22(10-6-20)24-14-27(38-17-31)25(13-26(24)28(32)33)23-11-7-21(8-12-23)16-37-30(35)19(3)4;1-13(2)21(25)27-11-15-5-7-17(19(23)9-15)18-8-6-16(10-20(18)24)12-28-22(26)14(3)4/h5-14,17H,1,3,15-16H2,2,4H3,(H,32,33);5-10,23-24H,1,3,11-12H2,2,4H3. The van der Waals surface area contributed by atoms with Gasteiger partial charge in [-0.25, -0.2) is 24.0 Å². The molecule has 0 aliphatic carbocycles. The number of carboxylic acids is 1. The molecule has 0 fully saturated rings. The maximum atomic E-state index is 12.2. The van der Waals surface area contributed by atoms with Crippen LogP contribution in [0.5, 0.6) is 17.2 Å². The molecule has 0 saturated heterocycles. The van der Waals surface area contributed by atoms with Crippen LogP contribution in [0.25, 0.3) is 33.4 Å². The third-order valence-electron chi connectivity index (χ3n) is 9.34. The van der Waals surface area contributed by atoms with Crippen molar-refractivity contribution in [1.29, 1.82) is 0 Å². The number of benzene rings is 5. The Balaban J connectivity index is 0.000000302. The van der Waals surface area contributed by atoms with Gasteiger partial charge in [-0.05, 0) is 90.9 Å². The number of esters is 4. The second-order valence-corrected chi connectivity index (χ2v) is 14.9. The van der Waals surface area contributed by atoms with E-state index in [-0.39, 0.29) is 61.3 Å². The molecule has 5 rings (SSSR count). The summed E-state index contributed by atoms with van der Waals surface area (Å²) in [6, 6.07) is 26.1. The highest BCUT2D eigenvalue weighted by Gasteiger charge is 2.20. The largest absolute Gasteiger partial charge is 0.507 e. The summed E-state index contributed by atoms with van der Waals surface area (Å²) in [4.78, 5) is 69.6. The summed E-state index contributed by atoms with van der Waals surface area (Å²) in [7, 11) is 0. The van der Waals surface area contributed by atoms with Crippen LogP contribution in [0.15, 0.2) is 146 Å². The number of carboxylic acid groups (broad SMARTS) is 1. The van der Waals surface area contributed by atoms with Crippen LogP contribution < -0.4 is 4.74 Å². The van der Waals surface area contributed by atoms with E-state index in [1.54, 1.807) is 100 Å². The molecule has 3 N–H and O–H groups in total. The number of hydrogen-bond donors (Lipinski definition) is 3. The molecular weight excluding hydrogens is 849 g/mol. The molecule has 340 valence electrons. The number of carbonyl (C=O) groups excluding carboxylic acids is 5. The lowest BCUT2D eigenvalue weighted by Gasteiger charge is -2.15. The monoisotopic (exact) mass is 896 g/mol. The van der Waals surface area contributed by atoms with Crippen LogP contribution in [-0.4, -0.2) is 51.6 Å². The molecule has 66 heavy (non-hydrogen) atoms. The zero-order chi connectivity index (χ0) is 48.7. The molecule has 0 bridgehead atoms. The first-order valence-electron chi connectivity index (χ1n) is 19.9. The molecule has 0 unspecified atom stereocenters. The van der Waals surface area contributed by atoms with Crippen LogP contribution in [-0.2, 0) is 69.3 Å². The minimum Gasteiger partial charge on any atom is -0.507 e. The number of carbonyl (C=O) groups is 6. The molecule has 5 aromatic rings. The summed E-state index contributed by atoms with van der Waals surface area (Å²) < 4.78 is 25.6. The number of aromatic carboxylic acids is 1. The quantitative estimate of drug-likeness (QED) is 0.0324. The molecule has 0 radical (unpaired) electrons. The Bertz CT molecular complexity index is 2630. The van der Waals surface area contributed by atoms with Crippen molar-refractivity contribution in [2.45, 2.75) is 54.1 Å². The normalized spacial score (nSPS) is 10.2. The van der Waals surface area contributed by atoms with Crippen molar-refractivity contribution in [3.8, 4) is 50.6 Å². The van der Waals surface area contributed by atoms with E-state index in [0.717, 1.165) is 0 Å². The van der Waals surface area contributed by atoms with E-state index >= 15 is 0 Å². The number of aromatic hydroxyl groups is 2. The van der Waals surface area contributed by atoms with Crippen LogP contribution in [0.4, 0.5) is 0 Å². The highest BCUT2D eigenvalue weighted by molar-refractivity contribution is 5.99. The van der Waals surface area contributed by atoms with Gasteiger partial charge in [-0.1, -0.05) is 99.1 Å². The smallest absolute Gasteiger partial charge is 0.336 e. The van der Waals surface area contributed by atoms with E-state index in [1.165, 1.54) is 24.3 Å². The minimum atomic E-state index is -1.17. The summed E-state index contributed by atoms with van der Waals surface area (Å²) >= 11 is 0. The maximum absolute atomic E-state index is 12.2. The molecule has 0 aliphatic rings. The average Bonchev–Trinajstić information content (AvgIpc) is 3.28. The van der Waals surface area contributed by atoms with E-state index in [1.807, 2.05) is 0 Å². The first-order chi connectivity index (χ1) is 31.3. The molecule has 0 saturated carbocycles. The molecular formula is C52H48O14. The molecule has 0 spiro atoms. The molecule has 0 aromatic heterocycles. The Morgan fingerprint density at radius 2 is 0.803 bits per heavy atom. The lowest BCUT2D eigenvalue weighted by molar-refractivity contribution is -0.141. The number of rotatable bonds is 18. The van der Waals surface area contributed by atoms with E-state index in [9.17, 15) is 44.1 Å². The number of ether oxygens (including phenoxy) is 5. The first-order valence-corrected chi connectivity index (χ1v) is 19.9. The lowest BCUT2D eigenvalue weighted by Crippen LogP contribution is -2.05. The summed E-state index contributed by atoms with van der Waals surface area (Å²) in [5.74, 6) is -3.16. The Morgan fingerprint density at radius 3 is 1.12 bits per heavy atom. The fraction of sp³-hybridized carbons (Fsp3) is 0.154. The Kier molecular flexibility index (Phi) is 17.7. The lowest BCUT2D eigenvalue weighted by atomic mass is 9.93. The Labute approximate surface area is 381 Å². The second-order valence-electron chi connectivity index (χ2n) is 14.9. The fourth-order valence-electron chi connectivity index (χ4n) is 5.81. The van der Waals surface area contributed by atoms with Gasteiger partial charge in [-0.2, -0.15) is 0 Å². The first kappa shape index (κ1) is 50.1. The van der Waals surface area contributed by atoms with Gasteiger partial charge in [0.25, 0.3) is 6.47 Å². The predicted octanol–water partition coefficient (Wildman–Crippen LogP) is 9.50. The van der Waals surface area contributed by atoms with E-state index < -0.39 is 29.8 Å². The van der Waals surface area contributed by atoms with Gasteiger partial charge in [0.05, 0.1) is 5.56 Å². The number of phenols is 2. The zero-order valence-electron chi connectivity index (χ0n) is 36.8. The van der Waals surface area contributed by atoms with Crippen LogP contribution in [0.2, 0.25) is 0 Å². The summed E-state index contributed by atoms with van der Waals surface area (Å²) in [6.07, 6.45) is 0.